The van der Waals surface area contributed by atoms with E-state index in [4.69, 9.17) is 4.42 Å². The number of fused-ring (bicyclic) bond motifs is 1. The number of amides is 1. The Kier molecular flexibility index (Phi) is 7.21. The lowest BCUT2D eigenvalue weighted by Gasteiger charge is -2.25. The molecule has 0 radical (unpaired) electrons. The Morgan fingerprint density at radius 2 is 1.77 bits per heavy atom. The minimum atomic E-state index is -1.04. The van der Waals surface area contributed by atoms with Crippen LogP contribution in [0.15, 0.2) is 110 Å². The van der Waals surface area contributed by atoms with Gasteiger partial charge in [0.2, 0.25) is 0 Å². The summed E-state index contributed by atoms with van der Waals surface area (Å²) >= 11 is 1.14. The minimum absolute atomic E-state index is 0.134. The van der Waals surface area contributed by atoms with Crippen LogP contribution in [0, 0.1) is 12.7 Å². The summed E-state index contributed by atoms with van der Waals surface area (Å²) in [6.45, 7) is 3.56. The van der Waals surface area contributed by atoms with Crippen LogP contribution >= 0.6 is 11.3 Å². The van der Waals surface area contributed by atoms with Crippen LogP contribution in [0.5, 0.6) is 0 Å². The van der Waals surface area contributed by atoms with Crippen molar-refractivity contribution in [3.63, 3.8) is 0 Å². The standard InChI is InChI=1S/C33H24FN3O5S/c1-18-8-9-21(32(40)41)16-25(18)26-15-14-24(42-26)17-27-31(39)37-29(20-10-12-22(34)13-11-20)28(19(2)35-33(37)43-27)30(38)36-23-6-4-3-5-7-23/h3-17,29H,1-2H3,(H,36,38)(H,40,41)/b27-17-/t29-/m0/s1. The number of carboxylic acid groups (broad SMARTS) is 1. The number of thiazole rings is 1. The van der Waals surface area contributed by atoms with Crippen molar-refractivity contribution in [3.8, 4) is 11.3 Å². The van der Waals surface area contributed by atoms with Crippen LogP contribution in [0.25, 0.3) is 17.4 Å². The predicted octanol–water partition coefficient (Wildman–Crippen LogP) is 5.28. The van der Waals surface area contributed by atoms with Gasteiger partial charge in [0.15, 0.2) is 4.80 Å². The number of allylic oxidation sites excluding steroid dienone is 1. The molecule has 0 aliphatic carbocycles. The number of nitrogens with zero attached hydrogens (tertiary/aromatic N) is 2. The molecule has 1 atom stereocenters. The average molecular weight is 594 g/mol. The van der Waals surface area contributed by atoms with E-state index in [-0.39, 0.29) is 11.1 Å². The van der Waals surface area contributed by atoms with Crippen molar-refractivity contribution in [2.24, 2.45) is 4.99 Å². The number of aryl methyl sites for hydroxylation is 1. The molecule has 6 rings (SSSR count). The molecule has 0 spiro atoms. The van der Waals surface area contributed by atoms with E-state index in [1.54, 1.807) is 73.7 Å². The van der Waals surface area contributed by atoms with Crippen molar-refractivity contribution < 1.29 is 23.5 Å². The summed E-state index contributed by atoms with van der Waals surface area (Å²) in [6, 6.07) is 22.0. The van der Waals surface area contributed by atoms with Crippen molar-refractivity contribution in [1.82, 2.24) is 4.57 Å². The Bertz CT molecular complexity index is 2110. The molecule has 0 fully saturated rings. The molecule has 214 valence electrons. The molecule has 0 saturated carbocycles. The van der Waals surface area contributed by atoms with Gasteiger partial charge in [-0.2, -0.15) is 0 Å². The molecule has 10 heteroatoms. The topological polar surface area (TPSA) is 114 Å². The van der Waals surface area contributed by atoms with Gasteiger partial charge in [0, 0.05) is 17.3 Å². The van der Waals surface area contributed by atoms with Gasteiger partial charge in [-0.25, -0.2) is 14.2 Å². The Balaban J connectivity index is 1.44. The molecule has 43 heavy (non-hydrogen) atoms. The van der Waals surface area contributed by atoms with E-state index in [9.17, 15) is 23.9 Å². The van der Waals surface area contributed by atoms with E-state index in [0.717, 1.165) is 16.9 Å². The number of furan rings is 1. The highest BCUT2D eigenvalue weighted by Gasteiger charge is 2.32. The average Bonchev–Trinajstić information content (AvgIpc) is 3.57. The summed E-state index contributed by atoms with van der Waals surface area (Å²) in [7, 11) is 0. The number of aromatic carboxylic acids is 1. The fourth-order valence-corrected chi connectivity index (χ4v) is 6.04. The number of rotatable bonds is 6. The Morgan fingerprint density at radius 3 is 2.49 bits per heavy atom. The fourth-order valence-electron chi connectivity index (χ4n) is 5.02. The molecule has 0 saturated heterocycles. The maximum Gasteiger partial charge on any atom is 0.335 e. The summed E-state index contributed by atoms with van der Waals surface area (Å²) < 4.78 is 21.7. The van der Waals surface area contributed by atoms with Gasteiger partial charge in [0.1, 0.15) is 17.3 Å². The fraction of sp³-hybridized carbons (Fsp3) is 0.0909. The second-order valence-electron chi connectivity index (χ2n) is 9.99. The van der Waals surface area contributed by atoms with Crippen molar-refractivity contribution in [1.29, 1.82) is 0 Å². The number of hydrogen-bond donors (Lipinski definition) is 2. The molecule has 2 N–H and O–H groups in total. The van der Waals surface area contributed by atoms with E-state index < -0.39 is 29.3 Å². The van der Waals surface area contributed by atoms with Gasteiger partial charge in [-0.05, 0) is 73.5 Å². The minimum Gasteiger partial charge on any atom is -0.478 e. The monoisotopic (exact) mass is 593 g/mol. The highest BCUT2D eigenvalue weighted by atomic mass is 32.1. The van der Waals surface area contributed by atoms with Crippen molar-refractivity contribution >= 4 is 35.0 Å². The first-order valence-corrected chi connectivity index (χ1v) is 14.1. The largest absolute Gasteiger partial charge is 0.478 e. The van der Waals surface area contributed by atoms with Gasteiger partial charge < -0.3 is 14.8 Å². The smallest absolute Gasteiger partial charge is 0.335 e. The molecule has 1 aliphatic rings. The number of anilines is 1. The SMILES string of the molecule is CC1=C(C(=O)Nc2ccccc2)[C@H](c2ccc(F)cc2)n2c(s/c(=C\c3ccc(-c4cc(C(=O)O)ccc4C)o3)c2=O)=N1. The Labute approximate surface area is 248 Å². The van der Waals surface area contributed by atoms with E-state index in [1.807, 2.05) is 13.0 Å². The lowest BCUT2D eigenvalue weighted by atomic mass is 9.95. The molecule has 1 amide bonds. The normalized spacial score (nSPS) is 14.8. The van der Waals surface area contributed by atoms with Gasteiger partial charge in [-0.15, -0.1) is 0 Å². The van der Waals surface area contributed by atoms with E-state index in [0.29, 0.717) is 43.4 Å². The Hall–Kier alpha value is -5.35. The molecule has 2 aromatic heterocycles. The molecule has 8 nitrogen and oxygen atoms in total. The number of halogens is 1. The molecular weight excluding hydrogens is 569 g/mol. The van der Waals surface area contributed by atoms with Crippen LogP contribution in [0.1, 0.15) is 40.2 Å². The molecular formula is C33H24FN3O5S. The number of nitrogens with one attached hydrogen (secondary N) is 1. The van der Waals surface area contributed by atoms with Crippen molar-refractivity contribution in [2.45, 2.75) is 19.9 Å². The van der Waals surface area contributed by atoms with Gasteiger partial charge in [0.05, 0.1) is 27.4 Å². The first kappa shape index (κ1) is 27.8. The number of carbonyl (C=O) groups is 2. The van der Waals surface area contributed by atoms with Crippen LogP contribution in [-0.2, 0) is 4.79 Å². The lowest BCUT2D eigenvalue weighted by Crippen LogP contribution is -2.40. The third-order valence-electron chi connectivity index (χ3n) is 7.13. The third kappa shape index (κ3) is 5.35. The highest BCUT2D eigenvalue weighted by molar-refractivity contribution is 7.07. The number of hydrogen-bond acceptors (Lipinski definition) is 6. The van der Waals surface area contributed by atoms with Crippen LogP contribution in [-0.4, -0.2) is 21.6 Å². The zero-order valence-corrected chi connectivity index (χ0v) is 23.8. The predicted molar refractivity (Wildman–Crippen MR) is 161 cm³/mol. The number of aromatic nitrogens is 1. The van der Waals surface area contributed by atoms with Gasteiger partial charge in [-0.1, -0.05) is 47.7 Å². The summed E-state index contributed by atoms with van der Waals surface area (Å²) in [5.41, 5.74) is 3.04. The lowest BCUT2D eigenvalue weighted by molar-refractivity contribution is -0.113. The number of para-hydroxylation sites is 1. The highest BCUT2D eigenvalue weighted by Crippen LogP contribution is 2.31. The van der Waals surface area contributed by atoms with Gasteiger partial charge in [-0.3, -0.25) is 14.2 Å². The third-order valence-corrected chi connectivity index (χ3v) is 8.12. The van der Waals surface area contributed by atoms with E-state index in [2.05, 4.69) is 10.3 Å². The van der Waals surface area contributed by atoms with Crippen LogP contribution < -0.4 is 20.2 Å². The Morgan fingerprint density at radius 1 is 1.02 bits per heavy atom. The number of benzene rings is 3. The number of carbonyl (C=O) groups excluding carboxylic acids is 1. The quantitative estimate of drug-likeness (QED) is 0.278. The van der Waals surface area contributed by atoms with Gasteiger partial charge in [0.25, 0.3) is 11.5 Å². The molecule has 0 bridgehead atoms. The second kappa shape index (κ2) is 11.1. The second-order valence-corrected chi connectivity index (χ2v) is 11.0. The van der Waals surface area contributed by atoms with E-state index >= 15 is 0 Å². The van der Waals surface area contributed by atoms with Crippen LogP contribution in [0.2, 0.25) is 0 Å². The van der Waals surface area contributed by atoms with E-state index in [1.165, 1.54) is 22.8 Å². The summed E-state index contributed by atoms with van der Waals surface area (Å²) in [5, 5.41) is 12.3. The molecule has 3 heterocycles. The summed E-state index contributed by atoms with van der Waals surface area (Å²) in [6.07, 6.45) is 1.59. The van der Waals surface area contributed by atoms with Gasteiger partial charge >= 0.3 is 5.97 Å². The van der Waals surface area contributed by atoms with Crippen LogP contribution in [0.3, 0.4) is 0 Å². The zero-order chi connectivity index (χ0) is 30.2. The number of carboxylic acids is 1. The molecule has 5 aromatic rings. The molecule has 3 aromatic carbocycles. The maximum absolute atomic E-state index is 13.9. The van der Waals surface area contributed by atoms with Crippen molar-refractivity contribution in [3.05, 3.63) is 144 Å². The maximum atomic E-state index is 13.9. The zero-order valence-electron chi connectivity index (χ0n) is 23.0. The summed E-state index contributed by atoms with van der Waals surface area (Å²) in [5.74, 6) is -1.07. The first-order valence-electron chi connectivity index (χ1n) is 13.3. The van der Waals surface area contributed by atoms with Crippen molar-refractivity contribution in [2.75, 3.05) is 5.32 Å². The van der Waals surface area contributed by atoms with Crippen LogP contribution in [0.4, 0.5) is 10.1 Å². The molecule has 1 aliphatic heterocycles. The summed E-state index contributed by atoms with van der Waals surface area (Å²) in [4.78, 5) is 44.0. The first-order chi connectivity index (χ1) is 20.7. The molecule has 0 unspecified atom stereocenters.